The van der Waals surface area contributed by atoms with Gasteiger partial charge in [0.2, 0.25) is 5.91 Å². The van der Waals surface area contributed by atoms with Crippen molar-refractivity contribution in [3.8, 4) is 0 Å². The number of alkyl carbamates (subject to hydrolysis) is 1. The summed E-state index contributed by atoms with van der Waals surface area (Å²) in [5.74, 6) is -0.187. The molecule has 0 radical (unpaired) electrons. The number of nitrogens with one attached hydrogen (secondary N) is 2. The first-order chi connectivity index (χ1) is 9.19. The smallest absolute Gasteiger partial charge is 0.407 e. The van der Waals surface area contributed by atoms with E-state index in [2.05, 4.69) is 10.6 Å². The highest BCUT2D eigenvalue weighted by molar-refractivity contribution is 5.81. The molecule has 1 fully saturated rings. The van der Waals surface area contributed by atoms with Gasteiger partial charge in [-0.25, -0.2) is 4.79 Å². The highest BCUT2D eigenvalue weighted by atomic mass is 16.6. The first-order valence-electron chi connectivity index (χ1n) is 7.24. The summed E-state index contributed by atoms with van der Waals surface area (Å²) in [6.45, 7) is 7.11. The Hall–Kier alpha value is -1.30. The average molecular weight is 285 g/mol. The van der Waals surface area contributed by atoms with Crippen LogP contribution in [-0.2, 0) is 9.53 Å². The van der Waals surface area contributed by atoms with E-state index >= 15 is 0 Å². The highest BCUT2D eigenvalue weighted by Gasteiger charge is 2.29. The molecule has 2 amide bonds. The number of carbonyl (C=O) groups excluding carboxylic acids is 2. The summed E-state index contributed by atoms with van der Waals surface area (Å²) in [6.07, 6.45) is 3.31. The van der Waals surface area contributed by atoms with E-state index in [1.807, 2.05) is 20.8 Å². The topological polar surface area (TPSA) is 93.5 Å². The van der Waals surface area contributed by atoms with E-state index < -0.39 is 17.7 Å². The lowest BCUT2D eigenvalue weighted by atomic mass is 9.90. The maximum Gasteiger partial charge on any atom is 0.407 e. The number of amides is 2. The van der Waals surface area contributed by atoms with E-state index in [9.17, 15) is 9.59 Å². The van der Waals surface area contributed by atoms with Crippen molar-refractivity contribution < 1.29 is 14.3 Å². The second-order valence-corrected chi connectivity index (χ2v) is 6.44. The molecule has 1 aliphatic carbocycles. The van der Waals surface area contributed by atoms with Crippen molar-refractivity contribution in [2.75, 3.05) is 0 Å². The minimum absolute atomic E-state index is 0.0743. The molecule has 0 bridgehead atoms. The fraction of sp³-hybridized carbons (Fsp3) is 0.857. The summed E-state index contributed by atoms with van der Waals surface area (Å²) in [5, 5.41) is 5.76. The minimum Gasteiger partial charge on any atom is -0.444 e. The van der Waals surface area contributed by atoms with Crippen LogP contribution in [0.15, 0.2) is 0 Å². The van der Waals surface area contributed by atoms with Crippen LogP contribution in [0.4, 0.5) is 4.79 Å². The van der Waals surface area contributed by atoms with Crippen molar-refractivity contribution in [2.45, 2.75) is 77.1 Å². The van der Waals surface area contributed by atoms with Crippen molar-refractivity contribution >= 4 is 12.0 Å². The lowest BCUT2D eigenvalue weighted by Crippen LogP contribution is -2.56. The van der Waals surface area contributed by atoms with Crippen molar-refractivity contribution in [1.29, 1.82) is 0 Å². The van der Waals surface area contributed by atoms with Gasteiger partial charge in [0.05, 0.1) is 12.1 Å². The molecule has 4 N–H and O–H groups in total. The molecule has 0 heterocycles. The van der Waals surface area contributed by atoms with Gasteiger partial charge < -0.3 is 21.1 Å². The van der Waals surface area contributed by atoms with Gasteiger partial charge in [0.25, 0.3) is 0 Å². The Kier molecular flexibility index (Phi) is 5.80. The van der Waals surface area contributed by atoms with Crippen LogP contribution < -0.4 is 16.4 Å². The first-order valence-corrected chi connectivity index (χ1v) is 7.24. The lowest BCUT2D eigenvalue weighted by Gasteiger charge is -2.33. The van der Waals surface area contributed by atoms with Crippen molar-refractivity contribution in [3.63, 3.8) is 0 Å². The number of nitrogens with two attached hydrogens (primary N) is 1. The number of carbonyl (C=O) groups is 2. The maximum absolute atomic E-state index is 11.8. The molecular weight excluding hydrogens is 258 g/mol. The molecular formula is C14H27N3O3. The van der Waals surface area contributed by atoms with E-state index in [4.69, 9.17) is 10.5 Å². The van der Waals surface area contributed by atoms with Gasteiger partial charge in [0.15, 0.2) is 0 Å². The molecule has 0 aromatic heterocycles. The molecule has 20 heavy (non-hydrogen) atoms. The SMILES string of the molecule is CC(N)C(=O)NC1CCCCC1NC(=O)OC(C)(C)C. The number of hydrogen-bond acceptors (Lipinski definition) is 4. The van der Waals surface area contributed by atoms with E-state index in [0.717, 1.165) is 25.7 Å². The third-order valence-electron chi connectivity index (χ3n) is 3.21. The summed E-state index contributed by atoms with van der Waals surface area (Å²) in [7, 11) is 0. The predicted octanol–water partition coefficient (Wildman–Crippen LogP) is 1.29. The predicted molar refractivity (Wildman–Crippen MR) is 77.2 cm³/mol. The standard InChI is InChI=1S/C14H27N3O3/c1-9(15)12(18)16-10-7-5-6-8-11(10)17-13(19)20-14(2,3)4/h9-11H,5-8,15H2,1-4H3,(H,16,18)(H,17,19). The van der Waals surface area contributed by atoms with E-state index in [1.54, 1.807) is 6.92 Å². The number of rotatable bonds is 3. The zero-order valence-electron chi connectivity index (χ0n) is 12.9. The van der Waals surface area contributed by atoms with Gasteiger partial charge >= 0.3 is 6.09 Å². The largest absolute Gasteiger partial charge is 0.444 e. The van der Waals surface area contributed by atoms with E-state index in [0.29, 0.717) is 0 Å². The normalized spacial score (nSPS) is 24.6. The van der Waals surface area contributed by atoms with Crippen LogP contribution in [0.5, 0.6) is 0 Å². The summed E-state index contributed by atoms with van der Waals surface area (Å²) in [5.41, 5.74) is 5.03. The van der Waals surface area contributed by atoms with Crippen LogP contribution in [0, 0.1) is 0 Å². The van der Waals surface area contributed by atoms with Crippen molar-refractivity contribution in [2.24, 2.45) is 5.73 Å². The molecule has 0 aliphatic heterocycles. The molecule has 3 atom stereocenters. The highest BCUT2D eigenvalue weighted by Crippen LogP contribution is 2.19. The van der Waals surface area contributed by atoms with Crippen molar-refractivity contribution in [1.82, 2.24) is 10.6 Å². The fourth-order valence-electron chi connectivity index (χ4n) is 2.25. The molecule has 1 saturated carbocycles. The van der Waals surface area contributed by atoms with Gasteiger partial charge in [-0.15, -0.1) is 0 Å². The van der Waals surface area contributed by atoms with Gasteiger partial charge in [-0.2, -0.15) is 0 Å². The Bertz CT molecular complexity index is 350. The Morgan fingerprint density at radius 3 is 2.10 bits per heavy atom. The molecule has 3 unspecified atom stereocenters. The maximum atomic E-state index is 11.8. The van der Waals surface area contributed by atoms with Gasteiger partial charge in [0, 0.05) is 6.04 Å². The first kappa shape index (κ1) is 16.8. The van der Waals surface area contributed by atoms with Crippen LogP contribution in [-0.4, -0.2) is 35.7 Å². The fourth-order valence-corrected chi connectivity index (χ4v) is 2.25. The minimum atomic E-state index is -0.542. The average Bonchev–Trinajstić information content (AvgIpc) is 2.28. The Morgan fingerprint density at radius 1 is 1.15 bits per heavy atom. The number of ether oxygens (including phenoxy) is 1. The molecule has 6 heteroatoms. The van der Waals surface area contributed by atoms with Gasteiger partial charge in [-0.05, 0) is 40.5 Å². The van der Waals surface area contributed by atoms with Crippen LogP contribution in [0.2, 0.25) is 0 Å². The lowest BCUT2D eigenvalue weighted by molar-refractivity contribution is -0.123. The van der Waals surface area contributed by atoms with Gasteiger partial charge in [0.1, 0.15) is 5.60 Å². The zero-order chi connectivity index (χ0) is 15.3. The molecule has 1 rings (SSSR count). The molecule has 1 aliphatic rings. The second-order valence-electron chi connectivity index (χ2n) is 6.44. The van der Waals surface area contributed by atoms with Gasteiger partial charge in [-0.3, -0.25) is 4.79 Å². The van der Waals surface area contributed by atoms with Crippen LogP contribution >= 0.6 is 0 Å². The third-order valence-corrected chi connectivity index (χ3v) is 3.21. The molecule has 6 nitrogen and oxygen atoms in total. The summed E-state index contributed by atoms with van der Waals surface area (Å²) in [4.78, 5) is 23.5. The molecule has 0 spiro atoms. The van der Waals surface area contributed by atoms with Crippen LogP contribution in [0.1, 0.15) is 53.4 Å². The van der Waals surface area contributed by atoms with E-state index in [1.165, 1.54) is 0 Å². The van der Waals surface area contributed by atoms with Crippen LogP contribution in [0.3, 0.4) is 0 Å². The van der Waals surface area contributed by atoms with Crippen LogP contribution in [0.25, 0.3) is 0 Å². The second kappa shape index (κ2) is 6.92. The summed E-state index contributed by atoms with van der Waals surface area (Å²) < 4.78 is 5.25. The van der Waals surface area contributed by atoms with Crippen molar-refractivity contribution in [3.05, 3.63) is 0 Å². The zero-order valence-corrected chi connectivity index (χ0v) is 12.9. The summed E-state index contributed by atoms with van der Waals surface area (Å²) >= 11 is 0. The Morgan fingerprint density at radius 2 is 1.65 bits per heavy atom. The molecule has 0 aromatic rings. The summed E-state index contributed by atoms with van der Waals surface area (Å²) in [6, 6.07) is -0.713. The Labute approximate surface area is 120 Å². The monoisotopic (exact) mass is 285 g/mol. The number of hydrogen-bond donors (Lipinski definition) is 3. The third kappa shape index (κ3) is 5.77. The molecule has 0 saturated heterocycles. The molecule has 0 aromatic carbocycles. The van der Waals surface area contributed by atoms with E-state index in [-0.39, 0.29) is 18.0 Å². The quantitative estimate of drug-likeness (QED) is 0.728. The van der Waals surface area contributed by atoms with Gasteiger partial charge in [-0.1, -0.05) is 12.8 Å². The molecule has 116 valence electrons. The Balaban J connectivity index is 2.56.